The van der Waals surface area contributed by atoms with E-state index in [1.807, 2.05) is 10.6 Å². The van der Waals surface area contributed by atoms with Crippen LogP contribution < -0.4 is 0 Å². The summed E-state index contributed by atoms with van der Waals surface area (Å²) in [5.41, 5.74) is 1.80. The first-order valence-electron chi connectivity index (χ1n) is 5.93. The van der Waals surface area contributed by atoms with Gasteiger partial charge in [0.25, 0.3) is 0 Å². The van der Waals surface area contributed by atoms with Crippen molar-refractivity contribution in [1.29, 1.82) is 0 Å². The van der Waals surface area contributed by atoms with Gasteiger partial charge in [-0.3, -0.25) is 4.57 Å². The number of H-pyrrole nitrogens is 1. The zero-order valence-corrected chi connectivity index (χ0v) is 12.5. The summed E-state index contributed by atoms with van der Waals surface area (Å²) in [6.07, 6.45) is 5.20. The lowest BCUT2D eigenvalue weighted by atomic mass is 9.80. The summed E-state index contributed by atoms with van der Waals surface area (Å²) in [6.45, 7) is 0.775. The Morgan fingerprint density at radius 1 is 1.61 bits per heavy atom. The van der Waals surface area contributed by atoms with E-state index >= 15 is 0 Å². The molecule has 0 radical (unpaired) electrons. The highest BCUT2D eigenvalue weighted by Gasteiger charge is 2.38. The zero-order valence-electron chi connectivity index (χ0n) is 10.1. The van der Waals surface area contributed by atoms with Gasteiger partial charge in [-0.1, -0.05) is 0 Å². The van der Waals surface area contributed by atoms with Crippen LogP contribution >= 0.6 is 28.1 Å². The van der Waals surface area contributed by atoms with E-state index in [9.17, 15) is 0 Å². The molecule has 1 N–H and O–H groups in total. The van der Waals surface area contributed by atoms with E-state index in [0.29, 0.717) is 4.77 Å². The molecule has 0 unspecified atom stereocenters. The molecule has 0 aromatic carbocycles. The Kier molecular flexibility index (Phi) is 3.03. The Morgan fingerprint density at radius 2 is 2.39 bits per heavy atom. The Hall–Kier alpha value is -0.720. The molecular weight excluding hydrogens is 314 g/mol. The zero-order chi connectivity index (χ0) is 12.8. The molecule has 18 heavy (non-hydrogen) atoms. The predicted octanol–water partition coefficient (Wildman–Crippen LogP) is 3.43. The third-order valence-corrected chi connectivity index (χ3v) is 4.48. The van der Waals surface area contributed by atoms with Crippen molar-refractivity contribution >= 4 is 39.3 Å². The molecule has 1 fully saturated rings. The quantitative estimate of drug-likeness (QED) is 0.878. The lowest BCUT2D eigenvalue weighted by molar-refractivity contribution is -0.0831. The van der Waals surface area contributed by atoms with Gasteiger partial charge in [-0.15, -0.1) is 0 Å². The number of rotatable bonds is 3. The highest BCUT2D eigenvalue weighted by atomic mass is 79.9. The monoisotopic (exact) mass is 327 g/mol. The minimum atomic E-state index is -0.0535. The van der Waals surface area contributed by atoms with Crippen LogP contribution in [0.4, 0.5) is 0 Å². The Labute approximate surface area is 118 Å². The number of hydrogen-bond donors (Lipinski definition) is 1. The highest BCUT2D eigenvalue weighted by molar-refractivity contribution is 9.10. The van der Waals surface area contributed by atoms with Crippen LogP contribution in [0.5, 0.6) is 0 Å². The third kappa shape index (κ3) is 1.92. The van der Waals surface area contributed by atoms with Gasteiger partial charge in [0.1, 0.15) is 0 Å². The van der Waals surface area contributed by atoms with E-state index in [1.54, 1.807) is 13.3 Å². The number of imidazole rings is 1. The first-order valence-corrected chi connectivity index (χ1v) is 7.13. The minimum Gasteiger partial charge on any atom is -0.376 e. The molecule has 4 nitrogen and oxygen atoms in total. The van der Waals surface area contributed by atoms with Crippen LogP contribution in [0.1, 0.15) is 19.3 Å². The SMILES string of the molecule is COC1(Cn2c(=S)[nH]c3cc(Br)cnc32)CCC1. The Balaban J connectivity index is 2.06. The van der Waals surface area contributed by atoms with Gasteiger partial charge in [0, 0.05) is 17.8 Å². The fourth-order valence-electron chi connectivity index (χ4n) is 2.45. The standard InChI is InChI=1S/C12H14BrN3OS/c1-17-12(3-2-4-12)7-16-10-9(15-11(16)18)5-8(13)6-14-10/h5-6H,2-4,7H2,1H3,(H,15,18). The number of aromatic amines is 1. The summed E-state index contributed by atoms with van der Waals surface area (Å²) < 4.78 is 9.35. The van der Waals surface area contributed by atoms with Crippen molar-refractivity contribution in [2.24, 2.45) is 0 Å². The van der Waals surface area contributed by atoms with E-state index in [1.165, 1.54) is 6.42 Å². The van der Waals surface area contributed by atoms with Crippen LogP contribution in [0.3, 0.4) is 0 Å². The first-order chi connectivity index (χ1) is 8.63. The highest BCUT2D eigenvalue weighted by Crippen LogP contribution is 2.37. The molecule has 0 saturated heterocycles. The predicted molar refractivity (Wildman–Crippen MR) is 76.2 cm³/mol. The number of fused-ring (bicyclic) bond motifs is 1. The third-order valence-electron chi connectivity index (χ3n) is 3.72. The van der Waals surface area contributed by atoms with Gasteiger partial charge in [-0.2, -0.15) is 0 Å². The number of ether oxygens (including phenoxy) is 1. The summed E-state index contributed by atoms with van der Waals surface area (Å²) in [7, 11) is 1.78. The average molecular weight is 328 g/mol. The number of aromatic nitrogens is 3. The van der Waals surface area contributed by atoms with Gasteiger partial charge in [-0.25, -0.2) is 4.98 Å². The van der Waals surface area contributed by atoms with Crippen molar-refractivity contribution in [3.63, 3.8) is 0 Å². The van der Waals surface area contributed by atoms with Gasteiger partial charge < -0.3 is 9.72 Å². The van der Waals surface area contributed by atoms with Crippen LogP contribution in [0.2, 0.25) is 0 Å². The van der Waals surface area contributed by atoms with E-state index < -0.39 is 0 Å². The summed E-state index contributed by atoms with van der Waals surface area (Å²) >= 11 is 8.80. The maximum absolute atomic E-state index is 5.66. The molecule has 6 heteroatoms. The smallest absolute Gasteiger partial charge is 0.179 e. The van der Waals surface area contributed by atoms with Crippen LogP contribution in [-0.2, 0) is 11.3 Å². The van der Waals surface area contributed by atoms with E-state index in [4.69, 9.17) is 17.0 Å². The topological polar surface area (TPSA) is 42.8 Å². The summed E-state index contributed by atoms with van der Waals surface area (Å²) in [4.78, 5) is 7.63. The second-order valence-corrected chi connectivity index (χ2v) is 6.08. The number of nitrogens with one attached hydrogen (secondary N) is 1. The summed E-state index contributed by atoms with van der Waals surface area (Å²) in [5, 5.41) is 0. The molecule has 96 valence electrons. The van der Waals surface area contributed by atoms with Gasteiger partial charge in [0.15, 0.2) is 10.4 Å². The molecule has 3 rings (SSSR count). The molecular formula is C12H14BrN3OS. The molecule has 0 amide bonds. The number of nitrogens with zero attached hydrogens (tertiary/aromatic N) is 2. The molecule has 0 aliphatic heterocycles. The minimum absolute atomic E-state index is 0.0535. The van der Waals surface area contributed by atoms with Gasteiger partial charge in [0.2, 0.25) is 0 Å². The molecule has 0 bridgehead atoms. The molecule has 2 aromatic heterocycles. The Morgan fingerprint density at radius 3 is 3.00 bits per heavy atom. The van der Waals surface area contributed by atoms with Crippen LogP contribution in [0.25, 0.3) is 11.2 Å². The van der Waals surface area contributed by atoms with Crippen molar-refractivity contribution in [1.82, 2.24) is 14.5 Å². The van der Waals surface area contributed by atoms with Crippen LogP contribution in [-0.4, -0.2) is 27.2 Å². The fraction of sp³-hybridized carbons (Fsp3) is 0.500. The van der Waals surface area contributed by atoms with Crippen molar-refractivity contribution in [3.8, 4) is 0 Å². The maximum Gasteiger partial charge on any atom is 0.179 e. The number of hydrogen-bond acceptors (Lipinski definition) is 3. The summed E-state index contributed by atoms with van der Waals surface area (Å²) in [6, 6.07) is 1.99. The van der Waals surface area contributed by atoms with E-state index in [0.717, 1.165) is 35.0 Å². The molecule has 0 atom stereocenters. The van der Waals surface area contributed by atoms with Crippen molar-refractivity contribution < 1.29 is 4.74 Å². The van der Waals surface area contributed by atoms with Gasteiger partial charge >= 0.3 is 0 Å². The molecule has 1 aliphatic carbocycles. The average Bonchev–Trinajstić information content (AvgIpc) is 2.59. The van der Waals surface area contributed by atoms with Crippen LogP contribution in [0.15, 0.2) is 16.7 Å². The van der Waals surface area contributed by atoms with Gasteiger partial charge in [-0.05, 0) is 53.5 Å². The molecule has 2 heterocycles. The summed E-state index contributed by atoms with van der Waals surface area (Å²) in [5.74, 6) is 0. The first kappa shape index (κ1) is 12.3. The van der Waals surface area contributed by atoms with Crippen LogP contribution in [0, 0.1) is 4.77 Å². The van der Waals surface area contributed by atoms with Crippen molar-refractivity contribution in [2.75, 3.05) is 7.11 Å². The number of methoxy groups -OCH3 is 1. The molecule has 2 aromatic rings. The number of pyridine rings is 1. The maximum atomic E-state index is 5.66. The van der Waals surface area contributed by atoms with E-state index in [-0.39, 0.29) is 5.60 Å². The normalized spacial score (nSPS) is 17.9. The van der Waals surface area contributed by atoms with Crippen molar-refractivity contribution in [3.05, 3.63) is 21.5 Å². The lowest BCUT2D eigenvalue weighted by Crippen LogP contribution is -2.43. The second-order valence-electron chi connectivity index (χ2n) is 4.78. The molecule has 0 spiro atoms. The lowest BCUT2D eigenvalue weighted by Gasteiger charge is -2.40. The van der Waals surface area contributed by atoms with Crippen molar-refractivity contribution in [2.45, 2.75) is 31.4 Å². The second kappa shape index (κ2) is 4.43. The largest absolute Gasteiger partial charge is 0.376 e. The van der Waals surface area contributed by atoms with E-state index in [2.05, 4.69) is 25.9 Å². The molecule has 1 saturated carbocycles. The fourth-order valence-corrected chi connectivity index (χ4v) is 3.04. The molecule has 1 aliphatic rings. The Bertz CT molecular complexity index is 639. The number of halogens is 1. The van der Waals surface area contributed by atoms with Gasteiger partial charge in [0.05, 0.1) is 17.7 Å².